The van der Waals surface area contributed by atoms with Gasteiger partial charge in [-0.2, -0.15) is 5.26 Å². The van der Waals surface area contributed by atoms with E-state index in [0.29, 0.717) is 46.6 Å². The third-order valence-corrected chi connectivity index (χ3v) is 7.03. The molecule has 2 aromatic rings. The van der Waals surface area contributed by atoms with Crippen molar-refractivity contribution in [3.63, 3.8) is 0 Å². The van der Waals surface area contributed by atoms with Crippen LogP contribution in [0.25, 0.3) is 22.2 Å². The maximum Gasteiger partial charge on any atom is 0.198 e. The number of hydrogen-bond acceptors (Lipinski definition) is 3. The Labute approximate surface area is 239 Å². The summed E-state index contributed by atoms with van der Waals surface area (Å²) >= 11 is 0. The summed E-state index contributed by atoms with van der Waals surface area (Å²) in [6.07, 6.45) is 10.9. The van der Waals surface area contributed by atoms with Crippen LogP contribution >= 0.6 is 0 Å². The molecule has 2 rings (SSSR count). The second kappa shape index (κ2) is 16.5. The highest BCUT2D eigenvalue weighted by molar-refractivity contribution is 5.90. The third-order valence-electron chi connectivity index (χ3n) is 7.03. The van der Waals surface area contributed by atoms with E-state index >= 15 is 8.78 Å². The van der Waals surface area contributed by atoms with Crippen molar-refractivity contribution in [1.29, 1.82) is 5.26 Å². The van der Waals surface area contributed by atoms with Gasteiger partial charge in [0.05, 0.1) is 31.4 Å². The van der Waals surface area contributed by atoms with Crippen LogP contribution < -0.4 is 9.47 Å². The van der Waals surface area contributed by atoms with Gasteiger partial charge in [0.1, 0.15) is 0 Å². The number of allylic oxidation sites excluding steroid dienone is 2. The van der Waals surface area contributed by atoms with E-state index < -0.39 is 11.6 Å². The minimum atomic E-state index is -0.700. The van der Waals surface area contributed by atoms with Gasteiger partial charge in [0.15, 0.2) is 28.8 Å². The lowest BCUT2D eigenvalue weighted by Gasteiger charge is -2.18. The predicted octanol–water partition coefficient (Wildman–Crippen LogP) is 10.2. The predicted molar refractivity (Wildman–Crippen MR) is 160 cm³/mol. The Morgan fingerprint density at radius 1 is 0.900 bits per heavy atom. The fourth-order valence-electron chi connectivity index (χ4n) is 4.54. The molecule has 0 saturated heterocycles. The van der Waals surface area contributed by atoms with Crippen molar-refractivity contribution in [3.05, 3.63) is 74.6 Å². The van der Waals surface area contributed by atoms with E-state index in [1.165, 1.54) is 6.08 Å². The highest BCUT2D eigenvalue weighted by atomic mass is 19.1. The summed E-state index contributed by atoms with van der Waals surface area (Å²) in [5.41, 5.74) is 2.79. The Bertz CT molecular complexity index is 1310. The first-order valence-electron chi connectivity index (χ1n) is 14.3. The quantitative estimate of drug-likeness (QED) is 0.0963. The SMILES string of the molecule is [C-]#[N+]/C(=C\c1cc(C)c(C)c(F)c1OCCCCCC)c1c(C)cc(/C(C#N)=C/C)c(OCCCCCC)c1F. The van der Waals surface area contributed by atoms with E-state index in [1.807, 2.05) is 0 Å². The molecule has 0 N–H and O–H groups in total. The summed E-state index contributed by atoms with van der Waals surface area (Å²) in [6, 6.07) is 5.57. The van der Waals surface area contributed by atoms with Crippen molar-refractivity contribution in [3.8, 4) is 17.6 Å². The number of halogens is 2. The summed E-state index contributed by atoms with van der Waals surface area (Å²) in [7, 11) is 0. The van der Waals surface area contributed by atoms with Crippen molar-refractivity contribution >= 4 is 17.3 Å². The molecule has 0 heterocycles. The van der Waals surface area contributed by atoms with Gasteiger partial charge in [-0.1, -0.05) is 64.0 Å². The highest BCUT2D eigenvalue weighted by Crippen LogP contribution is 2.39. The number of aryl methyl sites for hydroxylation is 2. The second-order valence-electron chi connectivity index (χ2n) is 10.1. The van der Waals surface area contributed by atoms with E-state index in [9.17, 15) is 5.26 Å². The van der Waals surface area contributed by atoms with Gasteiger partial charge in [-0.25, -0.2) is 13.6 Å². The highest BCUT2D eigenvalue weighted by Gasteiger charge is 2.24. The van der Waals surface area contributed by atoms with E-state index in [0.717, 1.165) is 51.4 Å². The fraction of sp³-hybridized carbons (Fsp3) is 0.471. The molecule has 0 unspecified atom stereocenters. The molecule has 2 aromatic carbocycles. The van der Waals surface area contributed by atoms with Crippen LogP contribution in [0.15, 0.2) is 18.2 Å². The Balaban J connectivity index is 2.64. The molecule has 0 aliphatic carbocycles. The van der Waals surface area contributed by atoms with Crippen LogP contribution in [-0.2, 0) is 0 Å². The lowest BCUT2D eigenvalue weighted by molar-refractivity contribution is 0.289. The minimum Gasteiger partial charge on any atom is -0.490 e. The molecule has 0 amide bonds. The lowest BCUT2D eigenvalue weighted by atomic mass is 9.95. The van der Waals surface area contributed by atoms with E-state index in [1.54, 1.807) is 45.9 Å². The van der Waals surface area contributed by atoms with Gasteiger partial charge < -0.3 is 9.47 Å². The van der Waals surface area contributed by atoms with E-state index in [4.69, 9.17) is 16.0 Å². The number of unbranched alkanes of at least 4 members (excludes halogenated alkanes) is 6. The average Bonchev–Trinajstić information content (AvgIpc) is 2.94. The zero-order valence-corrected chi connectivity index (χ0v) is 24.8. The van der Waals surface area contributed by atoms with Crippen LogP contribution in [0, 0.1) is 50.3 Å². The van der Waals surface area contributed by atoms with Crippen molar-refractivity contribution in [2.24, 2.45) is 0 Å². The van der Waals surface area contributed by atoms with Crippen molar-refractivity contribution in [2.75, 3.05) is 13.2 Å². The molecule has 0 radical (unpaired) electrons. The maximum atomic E-state index is 16.2. The van der Waals surface area contributed by atoms with Gasteiger partial charge in [0, 0.05) is 16.7 Å². The van der Waals surface area contributed by atoms with Crippen LogP contribution in [0.3, 0.4) is 0 Å². The number of ether oxygens (including phenoxy) is 2. The number of rotatable bonds is 15. The summed E-state index contributed by atoms with van der Waals surface area (Å²) in [6.45, 7) is 19.7. The molecule has 0 aliphatic heterocycles. The summed E-state index contributed by atoms with van der Waals surface area (Å²) < 4.78 is 43.4. The maximum absolute atomic E-state index is 16.2. The van der Waals surface area contributed by atoms with Crippen molar-refractivity contribution in [1.82, 2.24) is 0 Å². The van der Waals surface area contributed by atoms with Gasteiger partial charge in [-0.3, -0.25) is 0 Å². The minimum absolute atomic E-state index is 0.00912. The normalized spacial score (nSPS) is 11.8. The van der Waals surface area contributed by atoms with Crippen LogP contribution in [0.2, 0.25) is 0 Å². The molecule has 214 valence electrons. The molecule has 0 aliphatic rings. The smallest absolute Gasteiger partial charge is 0.198 e. The van der Waals surface area contributed by atoms with Crippen molar-refractivity contribution < 1.29 is 18.3 Å². The van der Waals surface area contributed by atoms with Crippen LogP contribution in [0.4, 0.5) is 8.78 Å². The molecule has 40 heavy (non-hydrogen) atoms. The van der Waals surface area contributed by atoms with Gasteiger partial charge in [0.2, 0.25) is 0 Å². The van der Waals surface area contributed by atoms with Crippen LogP contribution in [0.5, 0.6) is 11.5 Å². The Kier molecular flexibility index (Phi) is 13.4. The number of nitriles is 1. The molecule has 0 saturated carbocycles. The topological polar surface area (TPSA) is 46.6 Å². The Hall–Kier alpha value is -3.64. The second-order valence-corrected chi connectivity index (χ2v) is 10.1. The molecule has 0 spiro atoms. The number of nitrogens with zero attached hydrogens (tertiary/aromatic N) is 2. The number of hydrogen-bond donors (Lipinski definition) is 0. The van der Waals surface area contributed by atoms with Gasteiger partial charge >= 0.3 is 0 Å². The molecular weight excluding hydrogens is 506 g/mol. The standard InChI is InChI=1S/C34H42F2N2O2/c1-8-11-13-15-17-39-33-27(19-23(4)25(6)31(33)35)21-29(38-7)30-24(5)20-28(26(10-3)22-37)34(32(30)36)40-18-16-14-12-9-2/h10,19-21H,8-9,11-18H2,1-6H3/b26-10+,29-21-. The first-order valence-corrected chi connectivity index (χ1v) is 14.3. The third kappa shape index (κ3) is 8.18. The van der Waals surface area contributed by atoms with E-state index in [2.05, 4.69) is 24.8 Å². The largest absolute Gasteiger partial charge is 0.490 e. The molecule has 0 bridgehead atoms. The van der Waals surface area contributed by atoms with Crippen LogP contribution in [0.1, 0.15) is 106 Å². The molecule has 6 heteroatoms. The van der Waals surface area contributed by atoms with E-state index in [-0.39, 0.29) is 22.8 Å². The number of benzene rings is 2. The fourth-order valence-corrected chi connectivity index (χ4v) is 4.54. The van der Waals surface area contributed by atoms with Gasteiger partial charge in [0.25, 0.3) is 0 Å². The van der Waals surface area contributed by atoms with Crippen molar-refractivity contribution in [2.45, 2.75) is 92.9 Å². The first-order chi connectivity index (χ1) is 19.2. The molecular formula is C34H42F2N2O2. The van der Waals surface area contributed by atoms with Crippen LogP contribution in [-0.4, -0.2) is 13.2 Å². The summed E-state index contributed by atoms with van der Waals surface area (Å²) in [5.74, 6) is -1.14. The molecule has 0 aromatic heterocycles. The first kappa shape index (κ1) is 32.6. The summed E-state index contributed by atoms with van der Waals surface area (Å²) in [5, 5.41) is 9.66. The molecule has 4 nitrogen and oxygen atoms in total. The zero-order valence-electron chi connectivity index (χ0n) is 24.8. The van der Waals surface area contributed by atoms with Gasteiger partial charge in [-0.05, 0) is 69.9 Å². The Morgan fingerprint density at radius 2 is 1.50 bits per heavy atom. The molecule has 0 fully saturated rings. The van der Waals surface area contributed by atoms with Gasteiger partial charge in [-0.15, -0.1) is 0 Å². The molecule has 0 atom stereocenters. The average molecular weight is 549 g/mol. The Morgan fingerprint density at radius 3 is 2.02 bits per heavy atom. The zero-order chi connectivity index (χ0) is 29.7. The monoisotopic (exact) mass is 548 g/mol. The summed E-state index contributed by atoms with van der Waals surface area (Å²) in [4.78, 5) is 3.65. The lowest BCUT2D eigenvalue weighted by Crippen LogP contribution is -2.06.